The van der Waals surface area contributed by atoms with Gasteiger partial charge in [0.05, 0.1) is 0 Å². The van der Waals surface area contributed by atoms with Gasteiger partial charge in [0.2, 0.25) is 0 Å². The molecule has 6 nitrogen and oxygen atoms in total. The molecule has 0 N–H and O–H groups in total. The van der Waals surface area contributed by atoms with E-state index in [-0.39, 0.29) is 18.5 Å². The molecule has 4 rings (SSSR count). The summed E-state index contributed by atoms with van der Waals surface area (Å²) in [5, 5.41) is 0. The van der Waals surface area contributed by atoms with E-state index < -0.39 is 10.0 Å². The van der Waals surface area contributed by atoms with E-state index in [0.717, 1.165) is 10.4 Å². The normalized spacial score (nSPS) is 18.0. The van der Waals surface area contributed by atoms with Crippen LogP contribution in [0.5, 0.6) is 0 Å². The van der Waals surface area contributed by atoms with Gasteiger partial charge in [0.25, 0.3) is 15.9 Å². The molecular formula is C21H21N3O3S2. The van der Waals surface area contributed by atoms with E-state index in [2.05, 4.69) is 4.98 Å². The zero-order valence-electron chi connectivity index (χ0n) is 15.9. The van der Waals surface area contributed by atoms with E-state index in [0.29, 0.717) is 22.9 Å². The quantitative estimate of drug-likeness (QED) is 0.640. The van der Waals surface area contributed by atoms with Gasteiger partial charge in [-0.1, -0.05) is 18.2 Å². The fourth-order valence-corrected chi connectivity index (χ4v) is 6.55. The summed E-state index contributed by atoms with van der Waals surface area (Å²) in [6, 6.07) is 16.0. The van der Waals surface area contributed by atoms with Crippen molar-refractivity contribution < 1.29 is 13.2 Å². The maximum atomic E-state index is 13.2. The molecule has 150 valence electrons. The number of aromatic nitrogens is 1. The maximum absolute atomic E-state index is 13.2. The van der Waals surface area contributed by atoms with Crippen molar-refractivity contribution in [3.8, 4) is 10.4 Å². The predicted octanol–water partition coefficient (Wildman–Crippen LogP) is 3.35. The monoisotopic (exact) mass is 427 g/mol. The highest BCUT2D eigenvalue weighted by Crippen LogP contribution is 2.33. The molecule has 0 aliphatic carbocycles. The maximum Gasteiger partial charge on any atom is 0.253 e. The van der Waals surface area contributed by atoms with Gasteiger partial charge < -0.3 is 4.90 Å². The Balaban J connectivity index is 1.51. The van der Waals surface area contributed by atoms with Gasteiger partial charge in [0, 0.05) is 48.5 Å². The highest BCUT2D eigenvalue weighted by atomic mass is 32.2. The number of thiophene rings is 1. The van der Waals surface area contributed by atoms with Crippen molar-refractivity contribution in [2.24, 2.45) is 0 Å². The van der Waals surface area contributed by atoms with Gasteiger partial charge in [-0.15, -0.1) is 11.3 Å². The molecule has 0 saturated carbocycles. The number of pyridine rings is 1. The number of hydrogen-bond donors (Lipinski definition) is 0. The van der Waals surface area contributed by atoms with Gasteiger partial charge in [-0.25, -0.2) is 8.42 Å². The van der Waals surface area contributed by atoms with Crippen molar-refractivity contribution >= 4 is 27.3 Å². The van der Waals surface area contributed by atoms with Crippen LogP contribution in [0.3, 0.4) is 0 Å². The number of sulfonamides is 1. The number of amides is 1. The molecule has 3 heterocycles. The van der Waals surface area contributed by atoms with Gasteiger partial charge >= 0.3 is 0 Å². The molecule has 1 saturated heterocycles. The molecule has 1 fully saturated rings. The van der Waals surface area contributed by atoms with Crippen molar-refractivity contribution in [2.45, 2.75) is 17.2 Å². The van der Waals surface area contributed by atoms with Crippen LogP contribution in [-0.2, 0) is 10.0 Å². The number of rotatable bonds is 4. The molecule has 0 bridgehead atoms. The Morgan fingerprint density at radius 2 is 1.76 bits per heavy atom. The van der Waals surface area contributed by atoms with Crippen molar-refractivity contribution in [1.29, 1.82) is 0 Å². The third kappa shape index (κ3) is 3.96. The van der Waals surface area contributed by atoms with Crippen molar-refractivity contribution in [1.82, 2.24) is 14.2 Å². The second-order valence-electron chi connectivity index (χ2n) is 6.94. The summed E-state index contributed by atoms with van der Waals surface area (Å²) in [5.74, 6) is -0.0643. The summed E-state index contributed by atoms with van der Waals surface area (Å²) in [6.45, 7) is 2.87. The fourth-order valence-electron chi connectivity index (χ4n) is 3.49. The second kappa shape index (κ2) is 8.06. The lowest BCUT2D eigenvalue weighted by molar-refractivity contribution is 0.0642. The minimum absolute atomic E-state index is 0.0643. The average molecular weight is 428 g/mol. The lowest BCUT2D eigenvalue weighted by Gasteiger charge is -2.38. The van der Waals surface area contributed by atoms with Crippen LogP contribution >= 0.6 is 11.3 Å². The Labute approximate surface area is 174 Å². The van der Waals surface area contributed by atoms with Crippen LogP contribution in [0.15, 0.2) is 71.2 Å². The largest absolute Gasteiger partial charge is 0.336 e. The van der Waals surface area contributed by atoms with Crippen LogP contribution in [0, 0.1) is 0 Å². The minimum atomic E-state index is -3.61. The standard InChI is InChI=1S/C21H21N3O3S2/c1-16-15-23(21(25)18-5-3-2-4-6-18)13-14-24(16)29(26,27)20-8-7-19(28-20)17-9-11-22-12-10-17/h2-12,16H,13-15H2,1H3. The van der Waals surface area contributed by atoms with Crippen molar-refractivity contribution in [3.63, 3.8) is 0 Å². The smallest absolute Gasteiger partial charge is 0.253 e. The topological polar surface area (TPSA) is 70.6 Å². The summed E-state index contributed by atoms with van der Waals surface area (Å²) in [7, 11) is -3.61. The molecule has 1 aromatic carbocycles. The first-order valence-corrected chi connectivity index (χ1v) is 11.6. The van der Waals surface area contributed by atoms with Gasteiger partial charge in [-0.3, -0.25) is 9.78 Å². The predicted molar refractivity (Wildman–Crippen MR) is 113 cm³/mol. The Morgan fingerprint density at radius 3 is 2.45 bits per heavy atom. The van der Waals surface area contributed by atoms with Crippen LogP contribution in [0.2, 0.25) is 0 Å². The zero-order valence-corrected chi connectivity index (χ0v) is 17.6. The number of hydrogen-bond acceptors (Lipinski definition) is 5. The van der Waals surface area contributed by atoms with E-state index in [1.54, 1.807) is 35.5 Å². The first kappa shape index (κ1) is 19.8. The third-order valence-corrected chi connectivity index (χ3v) is 8.60. The molecule has 1 atom stereocenters. The zero-order chi connectivity index (χ0) is 20.4. The minimum Gasteiger partial charge on any atom is -0.336 e. The molecule has 1 aliphatic rings. The van der Waals surface area contributed by atoms with Crippen LogP contribution in [0.4, 0.5) is 0 Å². The average Bonchev–Trinajstić information content (AvgIpc) is 3.25. The van der Waals surface area contributed by atoms with Gasteiger partial charge in [-0.2, -0.15) is 4.31 Å². The van der Waals surface area contributed by atoms with Crippen LogP contribution < -0.4 is 0 Å². The van der Waals surface area contributed by atoms with Crippen molar-refractivity contribution in [3.05, 3.63) is 72.6 Å². The summed E-state index contributed by atoms with van der Waals surface area (Å²) in [5.41, 5.74) is 1.56. The van der Waals surface area contributed by atoms with Gasteiger partial charge in [0.1, 0.15) is 4.21 Å². The SMILES string of the molecule is CC1CN(C(=O)c2ccccc2)CCN1S(=O)(=O)c1ccc(-c2ccncc2)s1. The number of nitrogens with zero attached hydrogens (tertiary/aromatic N) is 3. The molecule has 3 aromatic rings. The van der Waals surface area contributed by atoms with Crippen LogP contribution in [-0.4, -0.2) is 54.2 Å². The first-order chi connectivity index (χ1) is 14.0. The summed E-state index contributed by atoms with van der Waals surface area (Å²) in [4.78, 5) is 19.3. The number of carbonyl (C=O) groups excluding carboxylic acids is 1. The molecule has 1 unspecified atom stereocenters. The molecule has 2 aromatic heterocycles. The van der Waals surface area contributed by atoms with Crippen molar-refractivity contribution in [2.75, 3.05) is 19.6 Å². The van der Waals surface area contributed by atoms with E-state index in [1.165, 1.54) is 15.6 Å². The second-order valence-corrected chi connectivity index (χ2v) is 10.1. The van der Waals surface area contributed by atoms with Crippen LogP contribution in [0.25, 0.3) is 10.4 Å². The summed E-state index contributed by atoms with van der Waals surface area (Å²) < 4.78 is 28.2. The highest BCUT2D eigenvalue weighted by molar-refractivity contribution is 7.91. The Bertz CT molecular complexity index is 1100. The van der Waals surface area contributed by atoms with E-state index >= 15 is 0 Å². The Morgan fingerprint density at radius 1 is 1.03 bits per heavy atom. The van der Waals surface area contributed by atoms with E-state index in [1.807, 2.05) is 43.3 Å². The van der Waals surface area contributed by atoms with Crippen LogP contribution in [0.1, 0.15) is 17.3 Å². The highest BCUT2D eigenvalue weighted by Gasteiger charge is 2.36. The van der Waals surface area contributed by atoms with Gasteiger partial charge in [-0.05, 0) is 48.9 Å². The number of carbonyl (C=O) groups is 1. The third-order valence-electron chi connectivity index (χ3n) is 4.98. The molecule has 0 radical (unpaired) electrons. The Hall–Kier alpha value is -2.55. The molecule has 1 aliphatic heterocycles. The number of piperazine rings is 1. The summed E-state index contributed by atoms with van der Waals surface area (Å²) >= 11 is 1.25. The lowest BCUT2D eigenvalue weighted by Crippen LogP contribution is -2.55. The molecule has 29 heavy (non-hydrogen) atoms. The first-order valence-electron chi connectivity index (χ1n) is 9.33. The molecule has 8 heteroatoms. The molecule has 0 spiro atoms. The fraction of sp³-hybridized carbons (Fsp3) is 0.238. The molecular weight excluding hydrogens is 406 g/mol. The van der Waals surface area contributed by atoms with Gasteiger partial charge in [0.15, 0.2) is 0 Å². The Kier molecular flexibility index (Phi) is 5.49. The summed E-state index contributed by atoms with van der Waals surface area (Å²) in [6.07, 6.45) is 3.38. The van der Waals surface area contributed by atoms with E-state index in [9.17, 15) is 13.2 Å². The molecule has 1 amide bonds. The lowest BCUT2D eigenvalue weighted by atomic mass is 10.1. The number of benzene rings is 1. The van der Waals surface area contributed by atoms with E-state index in [4.69, 9.17) is 0 Å².